The standard InChI is InChI=1S/C12H14F3N/c1-16(2)9-5-7-10-6-3-4-8-11(10)12(13,14)15/h3-8H,9H2,1-2H3/b7-5+. The van der Waals surface area contributed by atoms with Gasteiger partial charge in [0.25, 0.3) is 0 Å². The summed E-state index contributed by atoms with van der Waals surface area (Å²) in [6.07, 6.45) is -1.08. The normalized spacial score (nSPS) is 12.6. The first kappa shape index (κ1) is 12.8. The van der Waals surface area contributed by atoms with Crippen molar-refractivity contribution in [1.29, 1.82) is 0 Å². The van der Waals surface area contributed by atoms with E-state index in [1.165, 1.54) is 18.2 Å². The molecular weight excluding hydrogens is 215 g/mol. The SMILES string of the molecule is CN(C)C/C=C/c1ccccc1C(F)(F)F. The van der Waals surface area contributed by atoms with Gasteiger partial charge >= 0.3 is 6.18 Å². The topological polar surface area (TPSA) is 3.24 Å². The zero-order valence-corrected chi connectivity index (χ0v) is 9.25. The van der Waals surface area contributed by atoms with Crippen LogP contribution in [0.5, 0.6) is 0 Å². The van der Waals surface area contributed by atoms with E-state index in [9.17, 15) is 13.2 Å². The molecule has 1 aromatic rings. The molecule has 0 aromatic heterocycles. The molecule has 0 heterocycles. The predicted molar refractivity (Wildman–Crippen MR) is 59.0 cm³/mol. The fourth-order valence-electron chi connectivity index (χ4n) is 1.29. The lowest BCUT2D eigenvalue weighted by molar-refractivity contribution is -0.137. The summed E-state index contributed by atoms with van der Waals surface area (Å²) in [5, 5.41) is 0. The Morgan fingerprint density at radius 1 is 1.19 bits per heavy atom. The second-order valence-electron chi connectivity index (χ2n) is 3.75. The zero-order chi connectivity index (χ0) is 12.2. The maximum Gasteiger partial charge on any atom is 0.416 e. The van der Waals surface area contributed by atoms with Crippen LogP contribution < -0.4 is 0 Å². The summed E-state index contributed by atoms with van der Waals surface area (Å²) < 4.78 is 37.8. The Labute approximate surface area is 93.2 Å². The van der Waals surface area contributed by atoms with Crippen LogP contribution in [-0.2, 0) is 6.18 Å². The molecule has 0 fully saturated rings. The van der Waals surface area contributed by atoms with Crippen LogP contribution in [0.2, 0.25) is 0 Å². The van der Waals surface area contributed by atoms with Crippen molar-refractivity contribution in [1.82, 2.24) is 4.90 Å². The third-order valence-corrected chi connectivity index (χ3v) is 2.03. The number of alkyl halides is 3. The summed E-state index contributed by atoms with van der Waals surface area (Å²) in [5.41, 5.74) is -0.387. The minimum Gasteiger partial charge on any atom is -0.306 e. The number of likely N-dealkylation sites (N-methyl/N-ethyl adjacent to an activating group) is 1. The van der Waals surface area contributed by atoms with Gasteiger partial charge in [-0.3, -0.25) is 0 Å². The van der Waals surface area contributed by atoms with Crippen molar-refractivity contribution in [2.75, 3.05) is 20.6 Å². The van der Waals surface area contributed by atoms with E-state index < -0.39 is 11.7 Å². The van der Waals surface area contributed by atoms with Crippen LogP contribution in [0.1, 0.15) is 11.1 Å². The predicted octanol–water partition coefficient (Wildman–Crippen LogP) is 3.28. The van der Waals surface area contributed by atoms with E-state index in [1.807, 2.05) is 19.0 Å². The van der Waals surface area contributed by atoms with E-state index in [0.29, 0.717) is 6.54 Å². The smallest absolute Gasteiger partial charge is 0.306 e. The van der Waals surface area contributed by atoms with E-state index >= 15 is 0 Å². The molecule has 0 amide bonds. The van der Waals surface area contributed by atoms with Gasteiger partial charge in [-0.15, -0.1) is 0 Å². The Kier molecular flexibility index (Phi) is 4.12. The lowest BCUT2D eigenvalue weighted by Gasteiger charge is -2.10. The highest BCUT2D eigenvalue weighted by Crippen LogP contribution is 2.32. The minimum absolute atomic E-state index is 0.205. The van der Waals surface area contributed by atoms with Gasteiger partial charge in [-0.25, -0.2) is 0 Å². The molecule has 0 N–H and O–H groups in total. The summed E-state index contributed by atoms with van der Waals surface area (Å²) in [4.78, 5) is 1.88. The fraction of sp³-hybridized carbons (Fsp3) is 0.333. The van der Waals surface area contributed by atoms with Crippen LogP contribution in [0, 0.1) is 0 Å². The van der Waals surface area contributed by atoms with Crippen molar-refractivity contribution in [2.45, 2.75) is 6.18 Å². The summed E-state index contributed by atoms with van der Waals surface area (Å²) >= 11 is 0. The lowest BCUT2D eigenvalue weighted by Crippen LogP contribution is -2.10. The Balaban J connectivity index is 2.92. The minimum atomic E-state index is -4.29. The summed E-state index contributed by atoms with van der Waals surface area (Å²) in [7, 11) is 3.72. The quantitative estimate of drug-likeness (QED) is 0.768. The molecule has 0 aliphatic carbocycles. The maximum atomic E-state index is 12.6. The molecule has 1 rings (SSSR count). The van der Waals surface area contributed by atoms with E-state index in [-0.39, 0.29) is 5.56 Å². The molecule has 0 unspecified atom stereocenters. The highest BCUT2D eigenvalue weighted by molar-refractivity contribution is 5.54. The van der Waals surface area contributed by atoms with Crippen LogP contribution in [0.15, 0.2) is 30.3 Å². The van der Waals surface area contributed by atoms with Crippen molar-refractivity contribution in [2.24, 2.45) is 0 Å². The van der Waals surface area contributed by atoms with Crippen LogP contribution >= 0.6 is 0 Å². The number of hydrogen-bond donors (Lipinski definition) is 0. The van der Waals surface area contributed by atoms with Gasteiger partial charge in [0.15, 0.2) is 0 Å². The molecule has 0 aliphatic heterocycles. The van der Waals surface area contributed by atoms with Gasteiger partial charge in [0.05, 0.1) is 5.56 Å². The molecule has 0 radical (unpaired) electrons. The first-order valence-electron chi connectivity index (χ1n) is 4.89. The number of hydrogen-bond acceptors (Lipinski definition) is 1. The highest BCUT2D eigenvalue weighted by atomic mass is 19.4. The maximum absolute atomic E-state index is 12.6. The van der Waals surface area contributed by atoms with Gasteiger partial charge in [0.2, 0.25) is 0 Å². The molecule has 1 nitrogen and oxygen atoms in total. The molecule has 1 aromatic carbocycles. The van der Waals surface area contributed by atoms with Crippen LogP contribution in [-0.4, -0.2) is 25.5 Å². The monoisotopic (exact) mass is 229 g/mol. The first-order chi connectivity index (χ1) is 7.41. The summed E-state index contributed by atoms with van der Waals surface area (Å²) in [6, 6.07) is 5.56. The molecule has 0 atom stereocenters. The van der Waals surface area contributed by atoms with Gasteiger partial charge in [-0.05, 0) is 25.7 Å². The van der Waals surface area contributed by atoms with Crippen molar-refractivity contribution in [3.8, 4) is 0 Å². The zero-order valence-electron chi connectivity index (χ0n) is 9.25. The lowest BCUT2D eigenvalue weighted by atomic mass is 10.1. The Hall–Kier alpha value is -1.29. The highest BCUT2D eigenvalue weighted by Gasteiger charge is 2.32. The van der Waals surface area contributed by atoms with Gasteiger partial charge in [-0.2, -0.15) is 13.2 Å². The Morgan fingerprint density at radius 2 is 1.81 bits per heavy atom. The molecule has 0 saturated heterocycles. The third kappa shape index (κ3) is 3.70. The van der Waals surface area contributed by atoms with Gasteiger partial charge in [0, 0.05) is 6.54 Å². The molecule has 0 spiro atoms. The largest absolute Gasteiger partial charge is 0.416 e. The van der Waals surface area contributed by atoms with Crippen LogP contribution in [0.4, 0.5) is 13.2 Å². The van der Waals surface area contributed by atoms with Gasteiger partial charge < -0.3 is 4.90 Å². The average molecular weight is 229 g/mol. The molecule has 0 saturated carbocycles. The molecule has 16 heavy (non-hydrogen) atoms. The second-order valence-corrected chi connectivity index (χ2v) is 3.75. The van der Waals surface area contributed by atoms with Crippen molar-refractivity contribution < 1.29 is 13.2 Å². The van der Waals surface area contributed by atoms with E-state index in [0.717, 1.165) is 6.07 Å². The summed E-state index contributed by atoms with van der Waals surface area (Å²) in [6.45, 7) is 0.617. The van der Waals surface area contributed by atoms with Gasteiger partial charge in [0.1, 0.15) is 0 Å². The van der Waals surface area contributed by atoms with Crippen molar-refractivity contribution in [3.05, 3.63) is 41.5 Å². The number of nitrogens with zero attached hydrogens (tertiary/aromatic N) is 1. The number of benzene rings is 1. The second kappa shape index (κ2) is 5.16. The summed E-state index contributed by atoms with van der Waals surface area (Å²) in [5.74, 6) is 0. The number of halogens is 3. The van der Waals surface area contributed by atoms with E-state index in [4.69, 9.17) is 0 Å². The van der Waals surface area contributed by atoms with E-state index in [1.54, 1.807) is 12.1 Å². The van der Waals surface area contributed by atoms with E-state index in [2.05, 4.69) is 0 Å². The first-order valence-corrected chi connectivity index (χ1v) is 4.89. The van der Waals surface area contributed by atoms with Crippen LogP contribution in [0.3, 0.4) is 0 Å². The number of rotatable bonds is 3. The van der Waals surface area contributed by atoms with Gasteiger partial charge in [-0.1, -0.05) is 30.4 Å². The Morgan fingerprint density at radius 3 is 2.38 bits per heavy atom. The third-order valence-electron chi connectivity index (χ3n) is 2.03. The molecular formula is C12H14F3N. The van der Waals surface area contributed by atoms with Crippen LogP contribution in [0.25, 0.3) is 6.08 Å². The molecule has 4 heteroatoms. The van der Waals surface area contributed by atoms with Crippen molar-refractivity contribution >= 4 is 6.08 Å². The van der Waals surface area contributed by atoms with Crippen molar-refractivity contribution in [3.63, 3.8) is 0 Å². The molecule has 88 valence electrons. The fourth-order valence-corrected chi connectivity index (χ4v) is 1.29. The Bertz CT molecular complexity index is 367. The molecule has 0 aliphatic rings. The average Bonchev–Trinajstić information content (AvgIpc) is 2.16. The molecule has 0 bridgehead atoms.